The zero-order valence-corrected chi connectivity index (χ0v) is 11.0. The van der Waals surface area contributed by atoms with Crippen molar-refractivity contribution in [2.45, 2.75) is 6.04 Å². The van der Waals surface area contributed by atoms with Gasteiger partial charge < -0.3 is 15.7 Å². The molecular formula is C11H12N2O3S2. The van der Waals surface area contributed by atoms with Gasteiger partial charge in [-0.2, -0.15) is 0 Å². The molecule has 96 valence electrons. The number of phenolic OH excluding ortho intramolecular Hbond substituents is 1. The zero-order chi connectivity index (χ0) is 13.2. The van der Waals surface area contributed by atoms with Gasteiger partial charge in [0.2, 0.25) is 0 Å². The van der Waals surface area contributed by atoms with Crippen LogP contribution in [0.2, 0.25) is 0 Å². The summed E-state index contributed by atoms with van der Waals surface area (Å²) in [4.78, 5) is 0. The Morgan fingerprint density at radius 2 is 2.00 bits per heavy atom. The fourth-order valence-electron chi connectivity index (χ4n) is 1.55. The molecule has 1 aromatic rings. The largest absolute Gasteiger partial charge is 0.508 e. The van der Waals surface area contributed by atoms with Crippen molar-refractivity contribution < 1.29 is 13.5 Å². The number of benzene rings is 1. The van der Waals surface area contributed by atoms with Crippen LogP contribution in [0.5, 0.6) is 5.75 Å². The van der Waals surface area contributed by atoms with E-state index >= 15 is 0 Å². The second-order valence-corrected chi connectivity index (χ2v) is 6.25. The summed E-state index contributed by atoms with van der Waals surface area (Å²) in [5.74, 6) is 0.189. The van der Waals surface area contributed by atoms with Crippen LogP contribution in [0.25, 0.3) is 0 Å². The molecule has 0 fully saturated rings. The van der Waals surface area contributed by atoms with Gasteiger partial charge >= 0.3 is 0 Å². The first kappa shape index (κ1) is 12.8. The van der Waals surface area contributed by atoms with Crippen LogP contribution in [0.3, 0.4) is 0 Å². The standard InChI is InChI=1S/C11H12N2O3S2/c14-10-3-1-8(2-4-10)12-11(17)13-9-5-6-18(15,16)7-9/h1-6,9,14H,7H2,(H2,12,13,17). The van der Waals surface area contributed by atoms with Crippen LogP contribution < -0.4 is 10.6 Å². The van der Waals surface area contributed by atoms with Crippen molar-refractivity contribution in [1.82, 2.24) is 5.32 Å². The van der Waals surface area contributed by atoms with Crippen molar-refractivity contribution in [3.05, 3.63) is 35.7 Å². The molecule has 0 aromatic heterocycles. The quantitative estimate of drug-likeness (QED) is 0.555. The predicted octanol–water partition coefficient (Wildman–Crippen LogP) is 0.989. The Morgan fingerprint density at radius 1 is 1.33 bits per heavy atom. The summed E-state index contributed by atoms with van der Waals surface area (Å²) in [6.45, 7) is 0. The molecule has 0 aliphatic carbocycles. The first-order valence-electron chi connectivity index (χ1n) is 5.22. The highest BCUT2D eigenvalue weighted by Crippen LogP contribution is 2.14. The molecule has 5 nitrogen and oxygen atoms in total. The van der Waals surface area contributed by atoms with E-state index in [0.29, 0.717) is 5.11 Å². The number of sulfone groups is 1. The summed E-state index contributed by atoms with van der Waals surface area (Å²) in [6.07, 6.45) is 1.57. The van der Waals surface area contributed by atoms with Crippen molar-refractivity contribution in [1.29, 1.82) is 0 Å². The SMILES string of the molecule is O=S1(=O)C=CC(NC(=S)Nc2ccc(O)cc2)C1. The van der Waals surface area contributed by atoms with Crippen molar-refractivity contribution >= 4 is 32.9 Å². The lowest BCUT2D eigenvalue weighted by molar-refractivity contribution is 0.475. The van der Waals surface area contributed by atoms with Crippen LogP contribution in [0, 0.1) is 0 Å². The van der Waals surface area contributed by atoms with Crippen molar-refractivity contribution in [3.8, 4) is 5.75 Å². The van der Waals surface area contributed by atoms with E-state index in [-0.39, 0.29) is 17.5 Å². The summed E-state index contributed by atoms with van der Waals surface area (Å²) in [5.41, 5.74) is 0.718. The third-order valence-corrected chi connectivity index (χ3v) is 3.99. The first-order chi connectivity index (χ1) is 8.44. The van der Waals surface area contributed by atoms with Crippen molar-refractivity contribution in [2.75, 3.05) is 11.1 Å². The molecule has 1 aliphatic heterocycles. The van der Waals surface area contributed by atoms with Crippen LogP contribution in [0.4, 0.5) is 5.69 Å². The molecule has 18 heavy (non-hydrogen) atoms. The molecule has 1 heterocycles. The van der Waals surface area contributed by atoms with Crippen molar-refractivity contribution in [2.24, 2.45) is 0 Å². The molecule has 1 unspecified atom stereocenters. The molecule has 0 bridgehead atoms. The van der Waals surface area contributed by atoms with Crippen LogP contribution in [-0.4, -0.2) is 30.4 Å². The van der Waals surface area contributed by atoms with E-state index < -0.39 is 9.84 Å². The molecule has 1 atom stereocenters. The van der Waals surface area contributed by atoms with Crippen LogP contribution in [-0.2, 0) is 9.84 Å². The summed E-state index contributed by atoms with van der Waals surface area (Å²) in [5, 5.41) is 16.4. The van der Waals surface area contributed by atoms with E-state index in [4.69, 9.17) is 17.3 Å². The van der Waals surface area contributed by atoms with E-state index in [9.17, 15) is 8.42 Å². The number of aromatic hydroxyl groups is 1. The summed E-state index contributed by atoms with van der Waals surface area (Å²) in [7, 11) is -3.08. The van der Waals surface area contributed by atoms with E-state index in [1.54, 1.807) is 18.2 Å². The molecule has 0 saturated carbocycles. The lowest BCUT2D eigenvalue weighted by atomic mass is 10.3. The van der Waals surface area contributed by atoms with Gasteiger partial charge in [0.1, 0.15) is 5.75 Å². The van der Waals surface area contributed by atoms with E-state index in [0.717, 1.165) is 5.69 Å². The molecule has 1 aromatic carbocycles. The minimum atomic E-state index is -3.08. The van der Waals surface area contributed by atoms with Gasteiger partial charge in [0.05, 0.1) is 11.8 Å². The van der Waals surface area contributed by atoms with Gasteiger partial charge in [-0.1, -0.05) is 0 Å². The Bertz CT molecular complexity index is 579. The summed E-state index contributed by atoms with van der Waals surface area (Å²) in [6, 6.07) is 6.11. The average Bonchev–Trinajstić information content (AvgIpc) is 2.61. The second-order valence-electron chi connectivity index (χ2n) is 3.91. The molecule has 0 spiro atoms. The average molecular weight is 284 g/mol. The third kappa shape index (κ3) is 3.44. The number of phenols is 1. The molecule has 0 saturated heterocycles. The Labute approximate surface area is 110 Å². The number of rotatable bonds is 2. The number of nitrogens with one attached hydrogen (secondary N) is 2. The van der Waals surface area contributed by atoms with Crippen molar-refractivity contribution in [3.63, 3.8) is 0 Å². The topological polar surface area (TPSA) is 78.4 Å². The lowest BCUT2D eigenvalue weighted by Gasteiger charge is -2.14. The van der Waals surface area contributed by atoms with Crippen LogP contribution >= 0.6 is 12.2 Å². The van der Waals surface area contributed by atoms with Gasteiger partial charge in [-0.25, -0.2) is 8.42 Å². The van der Waals surface area contributed by atoms with E-state index in [2.05, 4.69) is 10.6 Å². The van der Waals surface area contributed by atoms with Crippen LogP contribution in [0.1, 0.15) is 0 Å². The maximum absolute atomic E-state index is 11.2. The Morgan fingerprint density at radius 3 is 2.56 bits per heavy atom. The lowest BCUT2D eigenvalue weighted by Crippen LogP contribution is -2.38. The molecule has 3 N–H and O–H groups in total. The molecular weight excluding hydrogens is 272 g/mol. The van der Waals surface area contributed by atoms with Gasteiger partial charge in [-0.05, 0) is 42.6 Å². The van der Waals surface area contributed by atoms with Crippen LogP contribution in [0.15, 0.2) is 35.7 Å². The Kier molecular flexibility index (Phi) is 3.53. The Hall–Kier alpha value is -1.60. The number of hydrogen-bond acceptors (Lipinski definition) is 4. The maximum Gasteiger partial charge on any atom is 0.173 e. The molecule has 0 amide bonds. The number of hydrogen-bond donors (Lipinski definition) is 3. The first-order valence-corrected chi connectivity index (χ1v) is 7.34. The van der Waals surface area contributed by atoms with E-state index in [1.807, 2.05) is 0 Å². The van der Waals surface area contributed by atoms with Gasteiger partial charge in [0.25, 0.3) is 0 Å². The smallest absolute Gasteiger partial charge is 0.173 e. The summed E-state index contributed by atoms with van der Waals surface area (Å²) < 4.78 is 22.4. The minimum Gasteiger partial charge on any atom is -0.508 e. The summed E-state index contributed by atoms with van der Waals surface area (Å²) >= 11 is 5.07. The number of anilines is 1. The fraction of sp³-hybridized carbons (Fsp3) is 0.182. The monoisotopic (exact) mass is 284 g/mol. The normalized spacial score (nSPS) is 20.6. The van der Waals surface area contributed by atoms with Gasteiger partial charge in [0.15, 0.2) is 14.9 Å². The molecule has 0 radical (unpaired) electrons. The second kappa shape index (κ2) is 4.95. The third-order valence-electron chi connectivity index (χ3n) is 2.37. The molecule has 7 heteroatoms. The minimum absolute atomic E-state index is 0.0183. The molecule has 1 aliphatic rings. The Balaban J connectivity index is 1.90. The van der Waals surface area contributed by atoms with E-state index in [1.165, 1.54) is 17.5 Å². The zero-order valence-electron chi connectivity index (χ0n) is 9.33. The highest BCUT2D eigenvalue weighted by molar-refractivity contribution is 7.94. The predicted molar refractivity (Wildman–Crippen MR) is 74.2 cm³/mol. The van der Waals surface area contributed by atoms with Gasteiger partial charge in [0, 0.05) is 11.1 Å². The van der Waals surface area contributed by atoms with Gasteiger partial charge in [-0.15, -0.1) is 0 Å². The van der Waals surface area contributed by atoms with Gasteiger partial charge in [-0.3, -0.25) is 0 Å². The fourth-order valence-corrected chi connectivity index (χ4v) is 3.05. The molecule has 2 rings (SSSR count). The maximum atomic E-state index is 11.2. The highest BCUT2D eigenvalue weighted by Gasteiger charge is 2.21. The highest BCUT2D eigenvalue weighted by atomic mass is 32.2. The number of thiocarbonyl (C=S) groups is 1.